The zero-order chi connectivity index (χ0) is 14.3. The lowest BCUT2D eigenvalue weighted by Gasteiger charge is -2.28. The molecule has 0 aliphatic rings. The Labute approximate surface area is 126 Å². The highest BCUT2D eigenvalue weighted by Crippen LogP contribution is 2.25. The molecule has 0 aromatic heterocycles. The predicted molar refractivity (Wildman–Crippen MR) is 88.0 cm³/mol. The molecule has 19 heavy (non-hydrogen) atoms. The molecule has 1 rings (SSSR count). The molecule has 0 spiro atoms. The van der Waals surface area contributed by atoms with Gasteiger partial charge in [-0.1, -0.05) is 22.9 Å². The largest absolute Gasteiger partial charge is 0.370 e. The average molecular weight is 328 g/mol. The molecule has 0 unspecified atom stereocenters. The van der Waals surface area contributed by atoms with Gasteiger partial charge in [-0.2, -0.15) is 0 Å². The van der Waals surface area contributed by atoms with E-state index in [2.05, 4.69) is 70.3 Å². The first kappa shape index (κ1) is 16.5. The summed E-state index contributed by atoms with van der Waals surface area (Å²) in [5.41, 5.74) is 2.70. The summed E-state index contributed by atoms with van der Waals surface area (Å²) in [6.07, 6.45) is 1.17. The van der Waals surface area contributed by atoms with E-state index in [9.17, 15) is 0 Å². The number of nitrogens with zero attached hydrogens (tertiary/aromatic N) is 2. The van der Waals surface area contributed by atoms with Crippen LogP contribution in [0.2, 0.25) is 0 Å². The number of hydrogen-bond acceptors (Lipinski definition) is 3. The molecule has 0 saturated carbocycles. The van der Waals surface area contributed by atoms with E-state index >= 15 is 0 Å². The van der Waals surface area contributed by atoms with Crippen molar-refractivity contribution in [2.45, 2.75) is 19.9 Å². The number of nitrogens with one attached hydrogen (secondary N) is 1. The molecule has 0 bridgehead atoms. The molecule has 108 valence electrons. The van der Waals surface area contributed by atoms with Gasteiger partial charge >= 0.3 is 0 Å². The summed E-state index contributed by atoms with van der Waals surface area (Å²) in [6.45, 7) is 6.39. The summed E-state index contributed by atoms with van der Waals surface area (Å²) in [5.74, 6) is 0. The SMILES string of the molecule is CCCN(CCN(C)C)c1ccc(Br)cc1CNC. The molecule has 0 atom stereocenters. The Morgan fingerprint density at radius 2 is 1.89 bits per heavy atom. The summed E-state index contributed by atoms with van der Waals surface area (Å²) >= 11 is 3.56. The van der Waals surface area contributed by atoms with Gasteiger partial charge in [0.05, 0.1) is 0 Å². The smallest absolute Gasteiger partial charge is 0.0413 e. The fourth-order valence-electron chi connectivity index (χ4n) is 2.14. The topological polar surface area (TPSA) is 18.5 Å². The highest BCUT2D eigenvalue weighted by molar-refractivity contribution is 9.10. The molecule has 1 aromatic rings. The van der Waals surface area contributed by atoms with E-state index in [1.807, 2.05) is 7.05 Å². The highest BCUT2D eigenvalue weighted by Gasteiger charge is 2.11. The maximum atomic E-state index is 3.56. The van der Waals surface area contributed by atoms with Crippen molar-refractivity contribution in [3.63, 3.8) is 0 Å². The number of hydrogen-bond donors (Lipinski definition) is 1. The first-order valence-electron chi connectivity index (χ1n) is 6.91. The summed E-state index contributed by atoms with van der Waals surface area (Å²) < 4.78 is 1.14. The Morgan fingerprint density at radius 1 is 1.16 bits per heavy atom. The normalized spacial score (nSPS) is 11.1. The van der Waals surface area contributed by atoms with Crippen LogP contribution >= 0.6 is 15.9 Å². The Hall–Kier alpha value is -0.580. The van der Waals surface area contributed by atoms with Crippen LogP contribution in [0.5, 0.6) is 0 Å². The summed E-state index contributed by atoms with van der Waals surface area (Å²) in [7, 11) is 6.25. The fourth-order valence-corrected chi connectivity index (χ4v) is 2.55. The van der Waals surface area contributed by atoms with Crippen molar-refractivity contribution in [3.8, 4) is 0 Å². The van der Waals surface area contributed by atoms with Crippen molar-refractivity contribution in [3.05, 3.63) is 28.2 Å². The second-order valence-corrected chi connectivity index (χ2v) is 6.01. The number of anilines is 1. The van der Waals surface area contributed by atoms with Crippen LogP contribution in [0.3, 0.4) is 0 Å². The standard InChI is InChI=1S/C15H26BrN3/c1-5-8-19(10-9-18(3)4)15-7-6-14(16)11-13(15)12-17-2/h6-7,11,17H,5,8-10,12H2,1-4H3. The van der Waals surface area contributed by atoms with Crippen molar-refractivity contribution >= 4 is 21.6 Å². The maximum absolute atomic E-state index is 3.56. The van der Waals surface area contributed by atoms with E-state index in [0.717, 1.165) is 30.7 Å². The average Bonchev–Trinajstić information content (AvgIpc) is 2.35. The Kier molecular flexibility index (Phi) is 7.42. The van der Waals surface area contributed by atoms with E-state index in [-0.39, 0.29) is 0 Å². The molecule has 4 heteroatoms. The van der Waals surface area contributed by atoms with Crippen molar-refractivity contribution in [1.82, 2.24) is 10.2 Å². The van der Waals surface area contributed by atoms with Crippen LogP contribution in [0.4, 0.5) is 5.69 Å². The van der Waals surface area contributed by atoms with Crippen LogP contribution in [0.15, 0.2) is 22.7 Å². The first-order chi connectivity index (χ1) is 9.08. The van der Waals surface area contributed by atoms with Crippen LogP contribution in [-0.2, 0) is 6.54 Å². The van der Waals surface area contributed by atoms with Gasteiger partial charge in [0.2, 0.25) is 0 Å². The summed E-state index contributed by atoms with van der Waals surface area (Å²) in [6, 6.07) is 6.57. The Morgan fingerprint density at radius 3 is 2.47 bits per heavy atom. The summed E-state index contributed by atoms with van der Waals surface area (Å²) in [4.78, 5) is 4.72. The number of benzene rings is 1. The molecule has 0 amide bonds. The van der Waals surface area contributed by atoms with Gasteiger partial charge in [0.25, 0.3) is 0 Å². The van der Waals surface area contributed by atoms with Crippen molar-refractivity contribution in [2.75, 3.05) is 45.7 Å². The Balaban J connectivity index is 2.92. The number of likely N-dealkylation sites (N-methyl/N-ethyl adjacent to an activating group) is 1. The van der Waals surface area contributed by atoms with Gasteiger partial charge in [-0.25, -0.2) is 0 Å². The van der Waals surface area contributed by atoms with Crippen LogP contribution in [0.1, 0.15) is 18.9 Å². The van der Waals surface area contributed by atoms with Gasteiger partial charge in [0.15, 0.2) is 0 Å². The molecule has 1 N–H and O–H groups in total. The van der Waals surface area contributed by atoms with Gasteiger partial charge in [0.1, 0.15) is 0 Å². The molecular formula is C15H26BrN3. The molecule has 0 radical (unpaired) electrons. The third-order valence-electron chi connectivity index (χ3n) is 3.06. The minimum atomic E-state index is 0.900. The summed E-state index contributed by atoms with van der Waals surface area (Å²) in [5, 5.41) is 3.26. The quantitative estimate of drug-likeness (QED) is 0.792. The third-order valence-corrected chi connectivity index (χ3v) is 3.55. The highest BCUT2D eigenvalue weighted by atomic mass is 79.9. The van der Waals surface area contributed by atoms with Crippen LogP contribution in [0, 0.1) is 0 Å². The molecule has 0 aliphatic heterocycles. The minimum Gasteiger partial charge on any atom is -0.370 e. The van der Waals surface area contributed by atoms with E-state index in [0.29, 0.717) is 0 Å². The van der Waals surface area contributed by atoms with Crippen molar-refractivity contribution < 1.29 is 0 Å². The lowest BCUT2D eigenvalue weighted by molar-refractivity contribution is 0.412. The predicted octanol–water partition coefficient (Wildman–Crippen LogP) is 2.95. The third kappa shape index (κ3) is 5.51. The number of halogens is 1. The maximum Gasteiger partial charge on any atom is 0.0413 e. The van der Waals surface area contributed by atoms with Crippen molar-refractivity contribution in [1.29, 1.82) is 0 Å². The molecule has 0 aliphatic carbocycles. The van der Waals surface area contributed by atoms with Gasteiger partial charge in [0, 0.05) is 36.3 Å². The van der Waals surface area contributed by atoms with Crippen LogP contribution in [0.25, 0.3) is 0 Å². The zero-order valence-electron chi connectivity index (χ0n) is 12.5. The monoisotopic (exact) mass is 327 g/mol. The van der Waals surface area contributed by atoms with Gasteiger partial charge in [-0.3, -0.25) is 0 Å². The van der Waals surface area contributed by atoms with Crippen molar-refractivity contribution in [2.24, 2.45) is 0 Å². The molecule has 3 nitrogen and oxygen atoms in total. The van der Waals surface area contributed by atoms with E-state index in [1.54, 1.807) is 0 Å². The lowest BCUT2D eigenvalue weighted by atomic mass is 10.1. The lowest BCUT2D eigenvalue weighted by Crippen LogP contribution is -2.33. The van der Waals surface area contributed by atoms with Gasteiger partial charge < -0.3 is 15.1 Å². The first-order valence-corrected chi connectivity index (χ1v) is 7.70. The van der Waals surface area contributed by atoms with E-state index in [1.165, 1.54) is 17.7 Å². The second kappa shape index (κ2) is 8.56. The zero-order valence-corrected chi connectivity index (χ0v) is 14.1. The minimum absolute atomic E-state index is 0.900. The second-order valence-electron chi connectivity index (χ2n) is 5.09. The Bertz CT molecular complexity index is 380. The molecule has 0 fully saturated rings. The van der Waals surface area contributed by atoms with E-state index < -0.39 is 0 Å². The molecule has 1 aromatic carbocycles. The molecule has 0 heterocycles. The van der Waals surface area contributed by atoms with Gasteiger partial charge in [-0.15, -0.1) is 0 Å². The molecular weight excluding hydrogens is 302 g/mol. The molecule has 0 saturated heterocycles. The van der Waals surface area contributed by atoms with Crippen LogP contribution in [-0.4, -0.2) is 45.7 Å². The fraction of sp³-hybridized carbons (Fsp3) is 0.600. The van der Waals surface area contributed by atoms with Gasteiger partial charge in [-0.05, 0) is 51.3 Å². The van der Waals surface area contributed by atoms with E-state index in [4.69, 9.17) is 0 Å². The number of rotatable bonds is 8. The van der Waals surface area contributed by atoms with Crippen LogP contribution < -0.4 is 10.2 Å².